The molecule has 1 aromatic carbocycles. The maximum atomic E-state index is 12.2. The zero-order valence-electron chi connectivity index (χ0n) is 13.9. The average Bonchev–Trinajstić information content (AvgIpc) is 2.94. The number of piperidine rings is 1. The first-order valence-electron chi connectivity index (χ1n) is 8.49. The van der Waals surface area contributed by atoms with Crippen LogP contribution >= 0.6 is 0 Å². The minimum absolute atomic E-state index is 0.172. The number of hydrogen-bond acceptors (Lipinski definition) is 3. The Morgan fingerprint density at radius 1 is 1.26 bits per heavy atom. The summed E-state index contributed by atoms with van der Waals surface area (Å²) in [5, 5.41) is 0. The monoisotopic (exact) mass is 335 g/mol. The molecule has 0 amide bonds. The highest BCUT2D eigenvalue weighted by atomic mass is 32.2. The summed E-state index contributed by atoms with van der Waals surface area (Å²) in [5.41, 5.74) is 2.16. The Balaban J connectivity index is 1.97. The standard InChI is InChI=1S/C17H25N3O2S/c1-3-11-20-16-10-6-5-9-15(16)18-17(20)14-8-7-12-19(13-14)23(21,22)4-2/h5-6,9-10,14H,3-4,7-8,11-13H2,1-2H3. The lowest BCUT2D eigenvalue weighted by Gasteiger charge is -2.31. The van der Waals surface area contributed by atoms with Crippen LogP contribution in [-0.4, -0.2) is 41.1 Å². The third-order valence-electron chi connectivity index (χ3n) is 4.64. The van der Waals surface area contributed by atoms with Crippen LogP contribution in [-0.2, 0) is 16.6 Å². The molecule has 3 rings (SSSR count). The summed E-state index contributed by atoms with van der Waals surface area (Å²) in [6.45, 7) is 6.00. The predicted octanol–water partition coefficient (Wildman–Crippen LogP) is 2.98. The Morgan fingerprint density at radius 2 is 2.04 bits per heavy atom. The molecule has 1 aromatic heterocycles. The van der Waals surface area contributed by atoms with Gasteiger partial charge in [0.05, 0.1) is 16.8 Å². The third-order valence-corrected chi connectivity index (χ3v) is 6.49. The molecule has 0 spiro atoms. The van der Waals surface area contributed by atoms with Gasteiger partial charge in [-0.3, -0.25) is 0 Å². The van der Waals surface area contributed by atoms with Gasteiger partial charge in [0.2, 0.25) is 10.0 Å². The van der Waals surface area contributed by atoms with Gasteiger partial charge in [-0.25, -0.2) is 17.7 Å². The topological polar surface area (TPSA) is 55.2 Å². The molecule has 1 saturated heterocycles. The number of rotatable bonds is 5. The van der Waals surface area contributed by atoms with Crippen molar-refractivity contribution in [3.8, 4) is 0 Å². The van der Waals surface area contributed by atoms with Gasteiger partial charge in [0, 0.05) is 25.6 Å². The first-order chi connectivity index (χ1) is 11.1. The molecule has 2 heterocycles. The van der Waals surface area contributed by atoms with E-state index in [1.807, 2.05) is 18.2 Å². The molecule has 2 aromatic rings. The molecule has 0 N–H and O–H groups in total. The fourth-order valence-electron chi connectivity index (χ4n) is 3.45. The lowest BCUT2D eigenvalue weighted by Crippen LogP contribution is -2.40. The van der Waals surface area contributed by atoms with E-state index in [9.17, 15) is 8.42 Å². The number of aromatic nitrogens is 2. The molecule has 1 atom stereocenters. The van der Waals surface area contributed by atoms with Crippen molar-refractivity contribution in [3.63, 3.8) is 0 Å². The molecule has 0 aliphatic carbocycles. The molecule has 6 heteroatoms. The van der Waals surface area contributed by atoms with E-state index in [1.54, 1.807) is 11.2 Å². The smallest absolute Gasteiger partial charge is 0.213 e. The van der Waals surface area contributed by atoms with Crippen molar-refractivity contribution < 1.29 is 8.42 Å². The fraction of sp³-hybridized carbons (Fsp3) is 0.588. The zero-order chi connectivity index (χ0) is 16.4. The van der Waals surface area contributed by atoms with E-state index in [-0.39, 0.29) is 11.7 Å². The SMILES string of the molecule is CCCn1c(C2CCCN(S(=O)(=O)CC)C2)nc2ccccc21. The molecule has 0 saturated carbocycles. The van der Waals surface area contributed by atoms with Crippen LogP contribution < -0.4 is 0 Å². The number of para-hydroxylation sites is 2. The second-order valence-corrected chi connectivity index (χ2v) is 8.47. The summed E-state index contributed by atoms with van der Waals surface area (Å²) in [7, 11) is -3.12. The van der Waals surface area contributed by atoms with Crippen LogP contribution in [0.25, 0.3) is 11.0 Å². The van der Waals surface area contributed by atoms with Gasteiger partial charge in [0.1, 0.15) is 5.82 Å². The number of sulfonamides is 1. The lowest BCUT2D eigenvalue weighted by atomic mass is 9.99. The van der Waals surface area contributed by atoms with Gasteiger partial charge in [-0.15, -0.1) is 0 Å². The minimum atomic E-state index is -3.12. The summed E-state index contributed by atoms with van der Waals surface area (Å²) < 4.78 is 28.4. The third kappa shape index (κ3) is 3.15. The summed E-state index contributed by atoms with van der Waals surface area (Å²) in [6, 6.07) is 8.18. The highest BCUT2D eigenvalue weighted by Gasteiger charge is 2.31. The average molecular weight is 335 g/mol. The number of fused-ring (bicyclic) bond motifs is 1. The van der Waals surface area contributed by atoms with Crippen LogP contribution in [0.4, 0.5) is 0 Å². The Morgan fingerprint density at radius 3 is 2.78 bits per heavy atom. The van der Waals surface area contributed by atoms with E-state index in [2.05, 4.69) is 17.6 Å². The van der Waals surface area contributed by atoms with Crippen molar-refractivity contribution in [1.29, 1.82) is 0 Å². The first-order valence-corrected chi connectivity index (χ1v) is 10.1. The maximum Gasteiger partial charge on any atom is 0.213 e. The van der Waals surface area contributed by atoms with Crippen molar-refractivity contribution >= 4 is 21.1 Å². The van der Waals surface area contributed by atoms with Crippen LogP contribution in [0, 0.1) is 0 Å². The van der Waals surface area contributed by atoms with E-state index in [4.69, 9.17) is 4.98 Å². The first kappa shape index (κ1) is 16.5. The van der Waals surface area contributed by atoms with Gasteiger partial charge in [-0.1, -0.05) is 19.1 Å². The normalized spacial score (nSPS) is 20.2. The molecule has 126 valence electrons. The van der Waals surface area contributed by atoms with E-state index < -0.39 is 10.0 Å². The molecule has 1 aliphatic heterocycles. The maximum absolute atomic E-state index is 12.2. The highest BCUT2D eigenvalue weighted by molar-refractivity contribution is 7.89. The van der Waals surface area contributed by atoms with Gasteiger partial charge in [0.15, 0.2) is 0 Å². The summed E-state index contributed by atoms with van der Waals surface area (Å²) >= 11 is 0. The molecule has 1 aliphatic rings. The summed E-state index contributed by atoms with van der Waals surface area (Å²) in [5.74, 6) is 1.40. The Labute approximate surface area is 138 Å². The Bertz CT molecular complexity index is 782. The molecular formula is C17H25N3O2S. The van der Waals surface area contributed by atoms with Gasteiger partial charge in [-0.2, -0.15) is 0 Å². The molecule has 5 nitrogen and oxygen atoms in total. The number of aryl methyl sites for hydroxylation is 1. The van der Waals surface area contributed by atoms with Crippen LogP contribution in [0.2, 0.25) is 0 Å². The molecule has 1 unspecified atom stereocenters. The molecule has 23 heavy (non-hydrogen) atoms. The Hall–Kier alpha value is -1.40. The van der Waals surface area contributed by atoms with E-state index in [0.29, 0.717) is 13.1 Å². The summed E-state index contributed by atoms with van der Waals surface area (Å²) in [6.07, 6.45) is 2.94. The van der Waals surface area contributed by atoms with Gasteiger partial charge in [0.25, 0.3) is 0 Å². The number of benzene rings is 1. The van der Waals surface area contributed by atoms with Crippen molar-refractivity contribution in [3.05, 3.63) is 30.1 Å². The lowest BCUT2D eigenvalue weighted by molar-refractivity contribution is 0.305. The second-order valence-electron chi connectivity index (χ2n) is 6.21. The van der Waals surface area contributed by atoms with Crippen molar-refractivity contribution in [2.24, 2.45) is 0 Å². The van der Waals surface area contributed by atoms with Gasteiger partial charge < -0.3 is 4.57 Å². The largest absolute Gasteiger partial charge is 0.328 e. The molecular weight excluding hydrogens is 310 g/mol. The van der Waals surface area contributed by atoms with Crippen LogP contribution in [0.1, 0.15) is 44.9 Å². The van der Waals surface area contributed by atoms with Crippen molar-refractivity contribution in [2.75, 3.05) is 18.8 Å². The predicted molar refractivity (Wildman–Crippen MR) is 93.0 cm³/mol. The van der Waals surface area contributed by atoms with E-state index in [1.165, 1.54) is 0 Å². The number of imidazole rings is 1. The molecule has 1 fully saturated rings. The fourth-order valence-corrected chi connectivity index (χ4v) is 4.63. The highest BCUT2D eigenvalue weighted by Crippen LogP contribution is 2.30. The quantitative estimate of drug-likeness (QED) is 0.844. The Kier molecular flexibility index (Phi) is 4.73. The van der Waals surface area contributed by atoms with Crippen molar-refractivity contribution in [2.45, 2.75) is 45.6 Å². The van der Waals surface area contributed by atoms with Crippen LogP contribution in [0.15, 0.2) is 24.3 Å². The number of hydrogen-bond donors (Lipinski definition) is 0. The number of nitrogens with zero attached hydrogens (tertiary/aromatic N) is 3. The second kappa shape index (κ2) is 6.61. The van der Waals surface area contributed by atoms with Crippen LogP contribution in [0.3, 0.4) is 0 Å². The summed E-state index contributed by atoms with van der Waals surface area (Å²) in [4.78, 5) is 4.84. The van der Waals surface area contributed by atoms with Gasteiger partial charge in [-0.05, 0) is 38.3 Å². The van der Waals surface area contributed by atoms with E-state index >= 15 is 0 Å². The molecule has 0 radical (unpaired) electrons. The van der Waals surface area contributed by atoms with E-state index in [0.717, 1.165) is 42.7 Å². The van der Waals surface area contributed by atoms with Crippen molar-refractivity contribution in [1.82, 2.24) is 13.9 Å². The van der Waals surface area contributed by atoms with Crippen LogP contribution in [0.5, 0.6) is 0 Å². The minimum Gasteiger partial charge on any atom is -0.328 e. The molecule has 0 bridgehead atoms. The van der Waals surface area contributed by atoms with Gasteiger partial charge >= 0.3 is 0 Å². The zero-order valence-corrected chi connectivity index (χ0v) is 14.7.